The van der Waals surface area contributed by atoms with E-state index in [1.165, 1.54) is 22.6 Å². The van der Waals surface area contributed by atoms with Gasteiger partial charge in [0, 0.05) is 77.4 Å². The van der Waals surface area contributed by atoms with E-state index in [0.717, 1.165) is 80.4 Å². The molecule has 1 N–H and O–H groups in total. The minimum absolute atomic E-state index is 0.290. The van der Waals surface area contributed by atoms with Crippen molar-refractivity contribution in [3.63, 3.8) is 0 Å². The molecule has 0 saturated carbocycles. The van der Waals surface area contributed by atoms with E-state index in [0.29, 0.717) is 32.1 Å². The molecule has 2 aromatic carbocycles. The smallest absolute Gasteiger partial charge is 0.410 e. The molecule has 2 aliphatic heterocycles. The number of fused-ring (bicyclic) bond motifs is 3. The van der Waals surface area contributed by atoms with Crippen LogP contribution < -0.4 is 10.1 Å². The minimum Gasteiger partial charge on any atom is -0.490 e. The van der Waals surface area contributed by atoms with Gasteiger partial charge in [-0.3, -0.25) is 0 Å². The van der Waals surface area contributed by atoms with Crippen LogP contribution >= 0.6 is 22.7 Å². The van der Waals surface area contributed by atoms with E-state index >= 15 is 0 Å². The van der Waals surface area contributed by atoms with Gasteiger partial charge in [-0.05, 0) is 68.0 Å². The highest BCUT2D eigenvalue weighted by Gasteiger charge is 2.28. The summed E-state index contributed by atoms with van der Waals surface area (Å²) in [6.07, 6.45) is 1.30. The van der Waals surface area contributed by atoms with Crippen LogP contribution in [0.4, 0.5) is 9.18 Å². The Morgan fingerprint density at radius 2 is 1.91 bits per heavy atom. The summed E-state index contributed by atoms with van der Waals surface area (Å²) in [7, 11) is 1.61. The summed E-state index contributed by atoms with van der Waals surface area (Å²) in [5, 5.41) is 7.38. The molecule has 3 aromatic heterocycles. The molecule has 5 heterocycles. The van der Waals surface area contributed by atoms with Gasteiger partial charge in [-0.2, -0.15) is 0 Å². The minimum atomic E-state index is -0.541. The number of nitrogens with one attached hydrogen (secondary N) is 1. The van der Waals surface area contributed by atoms with E-state index in [2.05, 4.69) is 35.0 Å². The number of carbonyl (C=O) groups excluding carboxylic acids is 1. The van der Waals surface area contributed by atoms with Crippen molar-refractivity contribution in [2.24, 2.45) is 0 Å². The lowest BCUT2D eigenvalue weighted by Crippen LogP contribution is -2.39. The van der Waals surface area contributed by atoms with Crippen molar-refractivity contribution in [3.8, 4) is 38.8 Å². The molecule has 5 aromatic rings. The Balaban J connectivity index is 1.35. The van der Waals surface area contributed by atoms with Crippen molar-refractivity contribution in [2.75, 3.05) is 33.4 Å². The number of thiophene rings is 1. The molecule has 0 saturated heterocycles. The third-order valence-electron chi connectivity index (χ3n) is 8.31. The molecule has 0 atom stereocenters. The number of nitrogens with zero attached hydrogens (tertiary/aromatic N) is 3. The predicted octanol–water partition coefficient (Wildman–Crippen LogP) is 7.86. The number of ether oxygens (including phenoxy) is 3. The third kappa shape index (κ3) is 6.49. The second kappa shape index (κ2) is 13.0. The molecule has 244 valence electrons. The maximum Gasteiger partial charge on any atom is 0.410 e. The van der Waals surface area contributed by atoms with Gasteiger partial charge in [-0.25, -0.2) is 19.2 Å². The van der Waals surface area contributed by atoms with Crippen LogP contribution in [0.2, 0.25) is 0 Å². The van der Waals surface area contributed by atoms with Crippen molar-refractivity contribution >= 4 is 38.9 Å². The van der Waals surface area contributed by atoms with Crippen LogP contribution in [0.25, 0.3) is 43.2 Å². The lowest BCUT2D eigenvalue weighted by Gasteiger charge is -2.31. The summed E-state index contributed by atoms with van der Waals surface area (Å²) in [4.78, 5) is 26.3. The van der Waals surface area contributed by atoms with Gasteiger partial charge in [0.1, 0.15) is 34.5 Å². The lowest BCUT2D eigenvalue weighted by molar-refractivity contribution is 0.0224. The number of rotatable bonds is 7. The fourth-order valence-corrected chi connectivity index (χ4v) is 8.15. The second-order valence-electron chi connectivity index (χ2n) is 12.8. The Morgan fingerprint density at radius 1 is 1.04 bits per heavy atom. The molecule has 0 bridgehead atoms. The summed E-state index contributed by atoms with van der Waals surface area (Å²) in [6, 6.07) is 13.2. The fraction of sp³-hybridized carbons (Fsp3) is 0.361. The molecule has 1 amide bonds. The number of hydrogen-bond acceptors (Lipinski definition) is 9. The number of pyridine rings is 1. The number of carbonyl (C=O) groups is 1. The van der Waals surface area contributed by atoms with Crippen molar-refractivity contribution in [1.29, 1.82) is 0 Å². The van der Waals surface area contributed by atoms with Gasteiger partial charge in [-0.15, -0.1) is 22.7 Å². The number of halogens is 1. The van der Waals surface area contributed by atoms with E-state index in [1.54, 1.807) is 40.7 Å². The molecule has 0 spiro atoms. The standard InChI is InChI=1S/C36H37FN4O4S2/c1-36(2,3)45-35(42)41-13-10-21-17-22(5-6-23(21)20-41)31-26-11-16-46-33(26)30(25-8-7-24(37)18-28(25)44-15-14-43-4)32(40-31)34-39-27-9-12-38-19-29(27)47-34/h5-8,11,16-18,38H,9-10,12-15,19-20H2,1-4H3. The van der Waals surface area contributed by atoms with Gasteiger partial charge < -0.3 is 24.4 Å². The zero-order valence-electron chi connectivity index (χ0n) is 26.9. The highest BCUT2D eigenvalue weighted by molar-refractivity contribution is 7.18. The zero-order valence-corrected chi connectivity index (χ0v) is 28.6. The fourth-order valence-electron chi connectivity index (χ4n) is 6.12. The molecule has 0 fully saturated rings. The highest BCUT2D eigenvalue weighted by atomic mass is 32.1. The molecule has 0 aliphatic carbocycles. The SMILES string of the molecule is COCCOc1cc(F)ccc1-c1c(-c2nc3c(s2)CNCC3)nc(-c2ccc3c(c2)CCN(C(=O)OC(C)(C)C)C3)c2ccsc12. The van der Waals surface area contributed by atoms with Crippen molar-refractivity contribution in [3.05, 3.63) is 75.4 Å². The predicted molar refractivity (Wildman–Crippen MR) is 185 cm³/mol. The van der Waals surface area contributed by atoms with Crippen molar-refractivity contribution in [2.45, 2.75) is 52.3 Å². The summed E-state index contributed by atoms with van der Waals surface area (Å²) in [5.74, 6) is 0.0728. The molecular weight excluding hydrogens is 636 g/mol. The van der Waals surface area contributed by atoms with E-state index in [1.807, 2.05) is 20.8 Å². The number of amides is 1. The maximum atomic E-state index is 14.6. The van der Waals surface area contributed by atoms with Gasteiger partial charge in [0.2, 0.25) is 0 Å². The van der Waals surface area contributed by atoms with Crippen LogP contribution in [0, 0.1) is 5.82 Å². The van der Waals surface area contributed by atoms with Crippen LogP contribution in [0.3, 0.4) is 0 Å². The average Bonchev–Trinajstić information content (AvgIpc) is 3.71. The van der Waals surface area contributed by atoms with E-state index in [-0.39, 0.29) is 11.9 Å². The first kappa shape index (κ1) is 31.7. The summed E-state index contributed by atoms with van der Waals surface area (Å²) >= 11 is 3.29. The third-order valence-corrected chi connectivity index (χ3v) is 10.4. The topological polar surface area (TPSA) is 85.8 Å². The Hall–Kier alpha value is -3.90. The number of methoxy groups -OCH3 is 1. The number of benzene rings is 2. The number of thiazole rings is 1. The lowest BCUT2D eigenvalue weighted by atomic mass is 9.94. The molecular formula is C36H37FN4O4S2. The first-order chi connectivity index (χ1) is 22.7. The highest BCUT2D eigenvalue weighted by Crippen LogP contribution is 2.47. The summed E-state index contributed by atoms with van der Waals surface area (Å²) in [6.45, 7) is 9.09. The van der Waals surface area contributed by atoms with Gasteiger partial charge >= 0.3 is 6.09 Å². The molecule has 47 heavy (non-hydrogen) atoms. The number of hydrogen-bond donors (Lipinski definition) is 1. The first-order valence-corrected chi connectivity index (χ1v) is 17.5. The quantitative estimate of drug-likeness (QED) is 0.176. The van der Waals surface area contributed by atoms with Crippen LogP contribution in [0.1, 0.15) is 42.5 Å². The van der Waals surface area contributed by atoms with E-state index < -0.39 is 5.60 Å². The second-order valence-corrected chi connectivity index (χ2v) is 14.8. The van der Waals surface area contributed by atoms with Crippen molar-refractivity contribution < 1.29 is 23.4 Å². The normalized spacial score (nSPS) is 14.6. The Labute approximate surface area is 281 Å². The molecule has 8 nitrogen and oxygen atoms in total. The molecule has 0 radical (unpaired) electrons. The zero-order chi connectivity index (χ0) is 32.7. The van der Waals surface area contributed by atoms with Gasteiger partial charge in [-0.1, -0.05) is 12.1 Å². The van der Waals surface area contributed by atoms with Crippen LogP contribution in [0.5, 0.6) is 5.75 Å². The number of aromatic nitrogens is 2. The van der Waals surface area contributed by atoms with E-state index in [9.17, 15) is 9.18 Å². The molecule has 7 rings (SSSR count). The molecule has 11 heteroatoms. The van der Waals surface area contributed by atoms with Crippen LogP contribution in [0.15, 0.2) is 47.8 Å². The Morgan fingerprint density at radius 3 is 2.72 bits per heavy atom. The van der Waals surface area contributed by atoms with E-state index in [4.69, 9.17) is 24.2 Å². The van der Waals surface area contributed by atoms with Gasteiger partial charge in [0.05, 0.1) is 18.0 Å². The molecule has 2 aliphatic rings. The molecule has 0 unspecified atom stereocenters. The van der Waals surface area contributed by atoms with Crippen LogP contribution in [-0.4, -0.2) is 60.0 Å². The largest absolute Gasteiger partial charge is 0.490 e. The average molecular weight is 673 g/mol. The maximum absolute atomic E-state index is 14.6. The Bertz CT molecular complexity index is 1940. The first-order valence-electron chi connectivity index (χ1n) is 15.8. The Kier molecular flexibility index (Phi) is 8.73. The van der Waals surface area contributed by atoms with Gasteiger partial charge in [0.25, 0.3) is 0 Å². The van der Waals surface area contributed by atoms with Crippen molar-refractivity contribution in [1.82, 2.24) is 20.2 Å². The summed E-state index contributed by atoms with van der Waals surface area (Å²) < 4.78 is 32.6. The van der Waals surface area contributed by atoms with Gasteiger partial charge in [0.15, 0.2) is 0 Å². The monoisotopic (exact) mass is 672 g/mol. The summed E-state index contributed by atoms with van der Waals surface area (Å²) in [5.41, 5.74) is 7.14. The van der Waals surface area contributed by atoms with Crippen LogP contribution in [-0.2, 0) is 35.4 Å².